The fraction of sp³-hybridized carbons (Fsp3) is 0.500. The van der Waals surface area contributed by atoms with Crippen molar-refractivity contribution in [3.63, 3.8) is 0 Å². The molecule has 0 saturated carbocycles. The number of benzene rings is 1. The maximum Gasteiger partial charge on any atom is 0.122 e. The van der Waals surface area contributed by atoms with Crippen molar-refractivity contribution in [1.82, 2.24) is 5.32 Å². The largest absolute Gasteiger partial charge is 0.496 e. The van der Waals surface area contributed by atoms with Crippen LogP contribution in [0.3, 0.4) is 0 Å². The molecule has 0 unspecified atom stereocenters. The third-order valence-corrected chi connectivity index (χ3v) is 2.48. The van der Waals surface area contributed by atoms with Gasteiger partial charge in [0.05, 0.1) is 7.11 Å². The summed E-state index contributed by atoms with van der Waals surface area (Å²) in [7, 11) is 1.70. The number of nitrogens with one attached hydrogen (secondary N) is 1. The summed E-state index contributed by atoms with van der Waals surface area (Å²) in [4.78, 5) is 0. The molecule has 0 saturated heterocycles. The molecule has 0 radical (unpaired) electrons. The fourth-order valence-electron chi connectivity index (χ4n) is 1.35. The molecule has 1 atom stereocenters. The smallest absolute Gasteiger partial charge is 0.122 e. The van der Waals surface area contributed by atoms with Gasteiger partial charge >= 0.3 is 0 Å². The summed E-state index contributed by atoms with van der Waals surface area (Å²) in [6, 6.07) is 6.58. The minimum absolute atomic E-state index is 0.345. The summed E-state index contributed by atoms with van der Waals surface area (Å²) in [5, 5.41) is 3.34. The first-order valence-electron chi connectivity index (χ1n) is 5.24. The first-order chi connectivity index (χ1) is 7.17. The lowest BCUT2D eigenvalue weighted by Crippen LogP contribution is -2.32. The Hall–Kier alpha value is -1.06. The lowest BCUT2D eigenvalue weighted by molar-refractivity contribution is 0.410. The first kappa shape index (κ1) is 12.0. The third kappa shape index (κ3) is 3.53. The highest BCUT2D eigenvalue weighted by atomic mass is 16.5. The Bertz CT molecular complexity index is 312. The van der Waals surface area contributed by atoms with E-state index in [2.05, 4.69) is 30.4 Å². The van der Waals surface area contributed by atoms with Gasteiger partial charge < -0.3 is 15.8 Å². The SMILES string of the molecule is COc1cc(CN[C@H](C)CN)ccc1C. The molecule has 3 N–H and O–H groups in total. The van der Waals surface area contributed by atoms with Crippen LogP contribution < -0.4 is 15.8 Å². The van der Waals surface area contributed by atoms with Gasteiger partial charge in [-0.15, -0.1) is 0 Å². The Morgan fingerprint density at radius 1 is 1.47 bits per heavy atom. The van der Waals surface area contributed by atoms with Gasteiger partial charge in [0.2, 0.25) is 0 Å². The van der Waals surface area contributed by atoms with E-state index in [0.29, 0.717) is 12.6 Å². The van der Waals surface area contributed by atoms with E-state index in [4.69, 9.17) is 10.5 Å². The summed E-state index contributed by atoms with van der Waals surface area (Å²) in [5.74, 6) is 0.940. The van der Waals surface area contributed by atoms with Crippen molar-refractivity contribution in [1.29, 1.82) is 0 Å². The molecule has 0 fully saturated rings. The average molecular weight is 208 g/mol. The van der Waals surface area contributed by atoms with Crippen molar-refractivity contribution >= 4 is 0 Å². The highest BCUT2D eigenvalue weighted by Crippen LogP contribution is 2.18. The number of ether oxygens (including phenoxy) is 1. The molecule has 1 rings (SSSR count). The second kappa shape index (κ2) is 5.73. The van der Waals surface area contributed by atoms with E-state index in [9.17, 15) is 0 Å². The molecule has 1 aromatic carbocycles. The molecule has 3 nitrogen and oxygen atoms in total. The normalized spacial score (nSPS) is 12.5. The molecule has 15 heavy (non-hydrogen) atoms. The number of hydrogen-bond donors (Lipinski definition) is 2. The minimum Gasteiger partial charge on any atom is -0.496 e. The Morgan fingerprint density at radius 3 is 2.80 bits per heavy atom. The fourth-order valence-corrected chi connectivity index (χ4v) is 1.35. The third-order valence-electron chi connectivity index (χ3n) is 2.48. The van der Waals surface area contributed by atoms with Gasteiger partial charge in [0, 0.05) is 19.1 Å². The van der Waals surface area contributed by atoms with Crippen LogP contribution in [0.1, 0.15) is 18.1 Å². The molecule has 0 heterocycles. The van der Waals surface area contributed by atoms with Crippen LogP contribution >= 0.6 is 0 Å². The molecule has 1 aromatic rings. The maximum absolute atomic E-state index is 5.53. The van der Waals surface area contributed by atoms with Gasteiger partial charge in [-0.05, 0) is 31.0 Å². The van der Waals surface area contributed by atoms with Crippen molar-refractivity contribution in [3.8, 4) is 5.75 Å². The van der Waals surface area contributed by atoms with Crippen LogP contribution in [0.25, 0.3) is 0 Å². The van der Waals surface area contributed by atoms with Crippen molar-refractivity contribution in [2.75, 3.05) is 13.7 Å². The molecule has 0 spiro atoms. The van der Waals surface area contributed by atoms with Crippen LogP contribution in [-0.2, 0) is 6.54 Å². The van der Waals surface area contributed by atoms with E-state index >= 15 is 0 Å². The Labute approximate surface area is 91.6 Å². The van der Waals surface area contributed by atoms with Crippen LogP contribution in [0, 0.1) is 6.92 Å². The lowest BCUT2D eigenvalue weighted by Gasteiger charge is -2.12. The number of aryl methyl sites for hydroxylation is 1. The van der Waals surface area contributed by atoms with Gasteiger partial charge in [-0.2, -0.15) is 0 Å². The molecular formula is C12H20N2O. The first-order valence-corrected chi connectivity index (χ1v) is 5.24. The Kier molecular flexibility index (Phi) is 4.59. The zero-order chi connectivity index (χ0) is 11.3. The van der Waals surface area contributed by atoms with Gasteiger partial charge in [-0.25, -0.2) is 0 Å². The van der Waals surface area contributed by atoms with Crippen LogP contribution in [0.2, 0.25) is 0 Å². The van der Waals surface area contributed by atoms with E-state index in [1.165, 1.54) is 5.56 Å². The van der Waals surface area contributed by atoms with E-state index in [-0.39, 0.29) is 0 Å². The van der Waals surface area contributed by atoms with Gasteiger partial charge in [0.1, 0.15) is 5.75 Å². The molecule has 0 aliphatic heterocycles. The molecule has 0 aliphatic rings. The molecule has 0 aromatic heterocycles. The predicted octanol–water partition coefficient (Wildman–Crippen LogP) is 1.44. The molecule has 0 bridgehead atoms. The van der Waals surface area contributed by atoms with Gasteiger partial charge in [-0.1, -0.05) is 12.1 Å². The Morgan fingerprint density at radius 2 is 2.20 bits per heavy atom. The number of hydrogen-bond acceptors (Lipinski definition) is 3. The summed E-state index contributed by atoms with van der Waals surface area (Å²) in [6.07, 6.45) is 0. The minimum atomic E-state index is 0.345. The van der Waals surface area contributed by atoms with E-state index < -0.39 is 0 Å². The summed E-state index contributed by atoms with van der Waals surface area (Å²) in [6.45, 7) is 5.60. The summed E-state index contributed by atoms with van der Waals surface area (Å²) in [5.41, 5.74) is 7.91. The average Bonchev–Trinajstić information content (AvgIpc) is 2.27. The quantitative estimate of drug-likeness (QED) is 0.769. The lowest BCUT2D eigenvalue weighted by atomic mass is 10.1. The summed E-state index contributed by atoms with van der Waals surface area (Å²) >= 11 is 0. The predicted molar refractivity (Wildman–Crippen MR) is 63.1 cm³/mol. The molecule has 84 valence electrons. The zero-order valence-electron chi connectivity index (χ0n) is 9.71. The van der Waals surface area contributed by atoms with Gasteiger partial charge in [0.15, 0.2) is 0 Å². The van der Waals surface area contributed by atoms with Crippen LogP contribution in [0.5, 0.6) is 5.75 Å². The second-order valence-electron chi connectivity index (χ2n) is 3.82. The highest BCUT2D eigenvalue weighted by molar-refractivity contribution is 5.36. The van der Waals surface area contributed by atoms with Crippen LogP contribution in [-0.4, -0.2) is 19.7 Å². The molecule has 3 heteroatoms. The number of rotatable bonds is 5. The zero-order valence-corrected chi connectivity index (χ0v) is 9.71. The van der Waals surface area contributed by atoms with Gasteiger partial charge in [-0.3, -0.25) is 0 Å². The monoisotopic (exact) mass is 208 g/mol. The maximum atomic E-state index is 5.53. The topological polar surface area (TPSA) is 47.3 Å². The van der Waals surface area contributed by atoms with Crippen LogP contribution in [0.15, 0.2) is 18.2 Å². The second-order valence-corrected chi connectivity index (χ2v) is 3.82. The number of methoxy groups -OCH3 is 1. The number of nitrogens with two attached hydrogens (primary N) is 1. The van der Waals surface area contributed by atoms with E-state index in [0.717, 1.165) is 17.9 Å². The van der Waals surface area contributed by atoms with E-state index in [1.54, 1.807) is 7.11 Å². The van der Waals surface area contributed by atoms with Crippen molar-refractivity contribution < 1.29 is 4.74 Å². The molecular weight excluding hydrogens is 188 g/mol. The van der Waals surface area contributed by atoms with Crippen molar-refractivity contribution in [2.24, 2.45) is 5.73 Å². The standard InChI is InChI=1S/C12H20N2O/c1-9-4-5-11(6-12(9)15-3)8-14-10(2)7-13/h4-6,10,14H,7-8,13H2,1-3H3/t10-/m1/s1. The highest BCUT2D eigenvalue weighted by Gasteiger charge is 2.02. The van der Waals surface area contributed by atoms with Crippen LogP contribution in [0.4, 0.5) is 0 Å². The molecule has 0 amide bonds. The van der Waals surface area contributed by atoms with Gasteiger partial charge in [0.25, 0.3) is 0 Å². The van der Waals surface area contributed by atoms with Crippen molar-refractivity contribution in [2.45, 2.75) is 26.4 Å². The summed E-state index contributed by atoms with van der Waals surface area (Å²) < 4.78 is 5.27. The van der Waals surface area contributed by atoms with E-state index in [1.807, 2.05) is 6.92 Å². The Balaban J connectivity index is 2.62. The molecule has 0 aliphatic carbocycles. The van der Waals surface area contributed by atoms with Crippen molar-refractivity contribution in [3.05, 3.63) is 29.3 Å².